The molecule has 166 valence electrons. The van der Waals surface area contributed by atoms with Crippen molar-refractivity contribution in [3.05, 3.63) is 35.4 Å². The standard InChI is InChI=1S/C19H25F3N4O4/c20-19(21,22)18(29)25-15(23)11-1-3-12(4-2-11)16(27)24-9-14-10-30-8-7-26(14)17(28)13-5-6-13/h1-4,13-15,18,25,29H,5-10,23H2,(H,24,27). The molecular weight excluding hydrogens is 405 g/mol. The lowest BCUT2D eigenvalue weighted by Gasteiger charge is -2.35. The van der Waals surface area contributed by atoms with Gasteiger partial charge < -0.3 is 25.8 Å². The third-order valence-corrected chi connectivity index (χ3v) is 5.11. The van der Waals surface area contributed by atoms with Crippen LogP contribution in [0.4, 0.5) is 13.2 Å². The minimum Gasteiger partial charge on any atom is -0.377 e. The van der Waals surface area contributed by atoms with Crippen LogP contribution in [0, 0.1) is 5.92 Å². The van der Waals surface area contributed by atoms with Crippen LogP contribution in [0.1, 0.15) is 34.9 Å². The number of aliphatic hydroxyl groups excluding tert-OH is 1. The molecule has 5 N–H and O–H groups in total. The average Bonchev–Trinajstić information content (AvgIpc) is 3.56. The van der Waals surface area contributed by atoms with Crippen molar-refractivity contribution < 1.29 is 32.6 Å². The van der Waals surface area contributed by atoms with E-state index in [1.54, 1.807) is 4.90 Å². The van der Waals surface area contributed by atoms with E-state index in [0.29, 0.717) is 25.3 Å². The monoisotopic (exact) mass is 430 g/mol. The molecule has 1 heterocycles. The van der Waals surface area contributed by atoms with Gasteiger partial charge in [-0.05, 0) is 30.5 Å². The fourth-order valence-electron chi connectivity index (χ4n) is 3.19. The molecule has 2 amide bonds. The molecule has 0 radical (unpaired) electrons. The summed E-state index contributed by atoms with van der Waals surface area (Å²) in [5.41, 5.74) is 6.19. The van der Waals surface area contributed by atoms with Gasteiger partial charge in [-0.25, -0.2) is 0 Å². The second-order valence-corrected chi connectivity index (χ2v) is 7.46. The third kappa shape index (κ3) is 5.69. The maximum atomic E-state index is 12.4. The molecule has 1 aromatic carbocycles. The van der Waals surface area contributed by atoms with Gasteiger partial charge in [-0.3, -0.25) is 14.9 Å². The van der Waals surface area contributed by atoms with Crippen LogP contribution in [-0.4, -0.2) is 66.6 Å². The van der Waals surface area contributed by atoms with E-state index in [4.69, 9.17) is 15.6 Å². The number of carbonyl (C=O) groups excluding carboxylic acids is 2. The van der Waals surface area contributed by atoms with E-state index in [2.05, 4.69) is 5.32 Å². The summed E-state index contributed by atoms with van der Waals surface area (Å²) < 4.78 is 42.6. The quantitative estimate of drug-likeness (QED) is 0.468. The molecule has 0 aromatic heterocycles. The molecule has 1 aromatic rings. The van der Waals surface area contributed by atoms with E-state index in [1.807, 2.05) is 5.32 Å². The molecule has 1 aliphatic heterocycles. The second kappa shape index (κ2) is 9.29. The largest absolute Gasteiger partial charge is 0.428 e. The number of amides is 2. The fourth-order valence-corrected chi connectivity index (χ4v) is 3.19. The summed E-state index contributed by atoms with van der Waals surface area (Å²) >= 11 is 0. The van der Waals surface area contributed by atoms with Crippen LogP contribution in [0.25, 0.3) is 0 Å². The summed E-state index contributed by atoms with van der Waals surface area (Å²) in [6.45, 7) is 1.55. The Balaban J connectivity index is 1.53. The molecule has 2 fully saturated rings. The maximum Gasteiger partial charge on any atom is 0.428 e. The predicted octanol–water partition coefficient (Wildman–Crippen LogP) is 0.481. The predicted molar refractivity (Wildman–Crippen MR) is 99.9 cm³/mol. The van der Waals surface area contributed by atoms with Gasteiger partial charge in [0.2, 0.25) is 12.1 Å². The van der Waals surface area contributed by atoms with Gasteiger partial charge in [-0.2, -0.15) is 13.2 Å². The van der Waals surface area contributed by atoms with Gasteiger partial charge in [-0.1, -0.05) is 12.1 Å². The Hall–Kier alpha value is -2.21. The SMILES string of the molecule is NC(NC(O)C(F)(F)F)c1ccc(C(=O)NCC2COCCN2C(=O)C2CC2)cc1. The van der Waals surface area contributed by atoms with Crippen LogP contribution in [0.3, 0.4) is 0 Å². The first-order valence-corrected chi connectivity index (χ1v) is 9.69. The number of ether oxygens (including phenoxy) is 1. The lowest BCUT2D eigenvalue weighted by atomic mass is 10.1. The molecule has 2 aliphatic rings. The summed E-state index contributed by atoms with van der Waals surface area (Å²) in [6.07, 6.45) is -7.05. The Morgan fingerprint density at radius 2 is 1.93 bits per heavy atom. The van der Waals surface area contributed by atoms with Crippen LogP contribution in [0.5, 0.6) is 0 Å². The van der Waals surface area contributed by atoms with Crippen LogP contribution in [0.2, 0.25) is 0 Å². The van der Waals surface area contributed by atoms with Crippen molar-refractivity contribution in [3.63, 3.8) is 0 Å². The zero-order chi connectivity index (χ0) is 21.9. The zero-order valence-corrected chi connectivity index (χ0v) is 16.2. The number of nitrogens with zero attached hydrogens (tertiary/aromatic N) is 1. The fraction of sp³-hybridized carbons (Fsp3) is 0.579. The molecule has 1 aliphatic carbocycles. The van der Waals surface area contributed by atoms with Crippen LogP contribution < -0.4 is 16.4 Å². The van der Waals surface area contributed by atoms with Gasteiger partial charge in [0.15, 0.2) is 0 Å². The molecule has 11 heteroatoms. The lowest BCUT2D eigenvalue weighted by molar-refractivity contribution is -0.216. The maximum absolute atomic E-state index is 12.4. The zero-order valence-electron chi connectivity index (χ0n) is 16.2. The second-order valence-electron chi connectivity index (χ2n) is 7.46. The van der Waals surface area contributed by atoms with Gasteiger partial charge in [0.25, 0.3) is 5.91 Å². The highest BCUT2D eigenvalue weighted by molar-refractivity contribution is 5.94. The summed E-state index contributed by atoms with van der Waals surface area (Å²) in [7, 11) is 0. The minimum atomic E-state index is -4.84. The van der Waals surface area contributed by atoms with E-state index in [1.165, 1.54) is 24.3 Å². The van der Waals surface area contributed by atoms with Crippen molar-refractivity contribution in [2.75, 3.05) is 26.3 Å². The first-order chi connectivity index (χ1) is 14.2. The van der Waals surface area contributed by atoms with Crippen molar-refractivity contribution in [1.29, 1.82) is 0 Å². The van der Waals surface area contributed by atoms with Gasteiger partial charge >= 0.3 is 6.18 Å². The lowest BCUT2D eigenvalue weighted by Crippen LogP contribution is -2.54. The van der Waals surface area contributed by atoms with Gasteiger partial charge in [-0.15, -0.1) is 0 Å². The molecule has 0 spiro atoms. The number of alkyl halides is 3. The molecule has 1 saturated heterocycles. The van der Waals surface area contributed by atoms with Crippen LogP contribution in [-0.2, 0) is 9.53 Å². The number of hydrogen-bond acceptors (Lipinski definition) is 6. The molecule has 3 atom stereocenters. The molecule has 0 bridgehead atoms. The van der Waals surface area contributed by atoms with Crippen molar-refractivity contribution in [1.82, 2.24) is 15.5 Å². The van der Waals surface area contributed by atoms with E-state index < -0.39 is 18.6 Å². The first kappa shape index (κ1) is 22.5. The van der Waals surface area contributed by atoms with Crippen LogP contribution in [0.15, 0.2) is 24.3 Å². The van der Waals surface area contributed by atoms with Gasteiger partial charge in [0, 0.05) is 24.6 Å². The molecule has 30 heavy (non-hydrogen) atoms. The van der Waals surface area contributed by atoms with Crippen molar-refractivity contribution in [3.8, 4) is 0 Å². The minimum absolute atomic E-state index is 0.0857. The Bertz CT molecular complexity index is 755. The van der Waals surface area contributed by atoms with E-state index in [-0.39, 0.29) is 35.9 Å². The Labute approximate surface area is 171 Å². The number of aliphatic hydroxyl groups is 1. The highest BCUT2D eigenvalue weighted by atomic mass is 19.4. The van der Waals surface area contributed by atoms with Crippen LogP contribution >= 0.6 is 0 Å². The van der Waals surface area contributed by atoms with Crippen molar-refractivity contribution in [2.24, 2.45) is 11.7 Å². The number of nitrogens with one attached hydrogen (secondary N) is 2. The third-order valence-electron chi connectivity index (χ3n) is 5.11. The van der Waals surface area contributed by atoms with Crippen molar-refractivity contribution >= 4 is 11.8 Å². The summed E-state index contributed by atoms with van der Waals surface area (Å²) in [5, 5.41) is 13.6. The topological polar surface area (TPSA) is 117 Å². The Morgan fingerprint density at radius 1 is 1.27 bits per heavy atom. The number of rotatable bonds is 7. The number of hydrogen-bond donors (Lipinski definition) is 4. The highest BCUT2D eigenvalue weighted by Gasteiger charge is 2.39. The smallest absolute Gasteiger partial charge is 0.377 e. The number of halogens is 3. The van der Waals surface area contributed by atoms with Gasteiger partial charge in [0.1, 0.15) is 0 Å². The average molecular weight is 430 g/mol. The molecule has 1 saturated carbocycles. The summed E-state index contributed by atoms with van der Waals surface area (Å²) in [6, 6.07) is 5.43. The summed E-state index contributed by atoms with van der Waals surface area (Å²) in [4.78, 5) is 26.6. The molecule has 3 rings (SSSR count). The van der Waals surface area contributed by atoms with E-state index in [0.717, 1.165) is 12.8 Å². The molecular formula is C19H25F3N4O4. The van der Waals surface area contributed by atoms with E-state index in [9.17, 15) is 22.8 Å². The number of carbonyl (C=O) groups is 2. The van der Waals surface area contributed by atoms with Crippen molar-refractivity contribution in [2.45, 2.75) is 37.5 Å². The molecule has 3 unspecified atom stereocenters. The Morgan fingerprint density at radius 3 is 2.53 bits per heavy atom. The number of benzene rings is 1. The first-order valence-electron chi connectivity index (χ1n) is 9.69. The number of morpholine rings is 1. The number of nitrogens with two attached hydrogens (primary N) is 1. The normalized spacial score (nSPS) is 21.8. The highest BCUT2D eigenvalue weighted by Crippen LogP contribution is 2.32. The van der Waals surface area contributed by atoms with Gasteiger partial charge in [0.05, 0.1) is 25.4 Å². The van der Waals surface area contributed by atoms with E-state index >= 15 is 0 Å². The Kier molecular flexibility index (Phi) is 6.96. The molecule has 8 nitrogen and oxygen atoms in total. The summed E-state index contributed by atoms with van der Waals surface area (Å²) in [5.74, 6) is -0.199.